The largest absolute Gasteiger partial charge is 0.497 e. The van der Waals surface area contributed by atoms with Crippen LogP contribution in [-0.2, 0) is 16.1 Å². The van der Waals surface area contributed by atoms with Gasteiger partial charge < -0.3 is 18.9 Å². The first kappa shape index (κ1) is 24.1. The summed E-state index contributed by atoms with van der Waals surface area (Å²) in [5.41, 5.74) is 4.68. The van der Waals surface area contributed by atoms with E-state index in [1.165, 1.54) is 6.07 Å². The van der Waals surface area contributed by atoms with Crippen molar-refractivity contribution in [1.29, 1.82) is 0 Å². The lowest BCUT2D eigenvalue weighted by Crippen LogP contribution is -2.41. The predicted molar refractivity (Wildman–Crippen MR) is 139 cm³/mol. The van der Waals surface area contributed by atoms with E-state index in [-0.39, 0.29) is 18.1 Å². The van der Waals surface area contributed by atoms with Gasteiger partial charge in [-0.25, -0.2) is 4.39 Å². The van der Waals surface area contributed by atoms with E-state index >= 15 is 4.39 Å². The summed E-state index contributed by atoms with van der Waals surface area (Å²) in [6.07, 6.45) is 2.30. The van der Waals surface area contributed by atoms with Gasteiger partial charge in [-0.1, -0.05) is 48.0 Å². The first-order valence-corrected chi connectivity index (χ1v) is 12.4. The maximum absolute atomic E-state index is 15.3. The number of morpholine rings is 1. The number of aromatic nitrogens is 1. The molecule has 186 valence electrons. The number of benzene rings is 3. The number of para-hydroxylation sites is 1. The van der Waals surface area contributed by atoms with Crippen molar-refractivity contribution in [3.63, 3.8) is 0 Å². The predicted octanol–water partition coefficient (Wildman–Crippen LogP) is 5.53. The molecular formula is C30H31FN2O3. The van der Waals surface area contributed by atoms with E-state index in [9.17, 15) is 4.79 Å². The first-order chi connectivity index (χ1) is 17.5. The lowest BCUT2D eigenvalue weighted by atomic mass is 9.86. The lowest BCUT2D eigenvalue weighted by molar-refractivity contribution is -0.135. The number of hydrogen-bond acceptors (Lipinski definition) is 3. The van der Waals surface area contributed by atoms with Crippen LogP contribution in [0.5, 0.6) is 5.75 Å². The highest BCUT2D eigenvalue weighted by Gasteiger charge is 2.28. The van der Waals surface area contributed by atoms with Gasteiger partial charge in [0.2, 0.25) is 5.91 Å². The third kappa shape index (κ3) is 5.00. The fourth-order valence-corrected chi connectivity index (χ4v) is 5.05. The molecule has 1 atom stereocenters. The molecule has 1 saturated heterocycles. The van der Waals surface area contributed by atoms with Crippen molar-refractivity contribution in [3.8, 4) is 5.75 Å². The molecule has 1 aromatic heterocycles. The van der Waals surface area contributed by atoms with Crippen LogP contribution in [0.15, 0.2) is 72.9 Å². The number of rotatable bonds is 7. The fraction of sp³-hybridized carbons (Fsp3) is 0.300. The van der Waals surface area contributed by atoms with Crippen molar-refractivity contribution < 1.29 is 18.7 Å². The Kier molecular flexibility index (Phi) is 7.05. The maximum Gasteiger partial charge on any atom is 0.223 e. The van der Waals surface area contributed by atoms with Crippen LogP contribution >= 0.6 is 0 Å². The molecule has 0 bridgehead atoms. The van der Waals surface area contributed by atoms with Gasteiger partial charge in [0.1, 0.15) is 11.6 Å². The average molecular weight is 487 g/mol. The third-order valence-electron chi connectivity index (χ3n) is 6.98. The Morgan fingerprint density at radius 1 is 1.03 bits per heavy atom. The third-order valence-corrected chi connectivity index (χ3v) is 6.98. The second kappa shape index (κ2) is 10.5. The second-order valence-corrected chi connectivity index (χ2v) is 9.35. The van der Waals surface area contributed by atoms with Crippen molar-refractivity contribution in [1.82, 2.24) is 9.47 Å². The number of aryl methyl sites for hydroxylation is 1. The van der Waals surface area contributed by atoms with Gasteiger partial charge in [0, 0.05) is 49.1 Å². The Morgan fingerprint density at radius 2 is 1.78 bits per heavy atom. The Hall–Kier alpha value is -3.64. The monoisotopic (exact) mass is 486 g/mol. The van der Waals surface area contributed by atoms with Crippen molar-refractivity contribution in [2.45, 2.75) is 25.8 Å². The van der Waals surface area contributed by atoms with Crippen LogP contribution in [0, 0.1) is 12.7 Å². The summed E-state index contributed by atoms with van der Waals surface area (Å²) in [7, 11) is 1.66. The molecule has 0 saturated carbocycles. The van der Waals surface area contributed by atoms with E-state index in [4.69, 9.17) is 9.47 Å². The van der Waals surface area contributed by atoms with Gasteiger partial charge in [-0.05, 0) is 47.9 Å². The van der Waals surface area contributed by atoms with Crippen molar-refractivity contribution in [2.24, 2.45) is 0 Å². The standard InChI is InChI=1S/C30H31FN2O3/c1-21-7-12-28(31)26(17-21)25(18-30(34)32-13-15-36-16-14-32)27-20-33(29-6-4-3-5-24(27)29)19-22-8-10-23(35-2)11-9-22/h3-12,17,20,25H,13-16,18-19H2,1-2H3. The van der Waals surface area contributed by atoms with Crippen LogP contribution in [0.1, 0.15) is 34.6 Å². The number of hydrogen-bond donors (Lipinski definition) is 0. The van der Waals surface area contributed by atoms with Gasteiger partial charge in [-0.3, -0.25) is 4.79 Å². The zero-order valence-electron chi connectivity index (χ0n) is 20.7. The van der Waals surface area contributed by atoms with Crippen molar-refractivity contribution in [2.75, 3.05) is 33.4 Å². The highest BCUT2D eigenvalue weighted by molar-refractivity contribution is 5.87. The molecule has 4 aromatic rings. The molecule has 1 aliphatic rings. The Labute approximate surface area is 211 Å². The number of methoxy groups -OCH3 is 1. The number of ether oxygens (including phenoxy) is 2. The summed E-state index contributed by atoms with van der Waals surface area (Å²) in [5.74, 6) is 0.152. The van der Waals surface area contributed by atoms with Crippen LogP contribution < -0.4 is 4.74 Å². The zero-order chi connectivity index (χ0) is 25.1. The molecule has 3 aromatic carbocycles. The minimum Gasteiger partial charge on any atom is -0.497 e. The first-order valence-electron chi connectivity index (χ1n) is 12.4. The van der Waals surface area contributed by atoms with Gasteiger partial charge in [0.25, 0.3) is 0 Å². The van der Waals surface area contributed by atoms with E-state index in [2.05, 4.69) is 22.9 Å². The van der Waals surface area contributed by atoms with Gasteiger partial charge in [0.15, 0.2) is 0 Å². The van der Waals surface area contributed by atoms with Gasteiger partial charge in [-0.2, -0.15) is 0 Å². The van der Waals surface area contributed by atoms with E-state index < -0.39 is 5.92 Å². The zero-order valence-corrected chi connectivity index (χ0v) is 20.7. The molecule has 1 fully saturated rings. The van der Waals surface area contributed by atoms with E-state index in [1.807, 2.05) is 54.3 Å². The van der Waals surface area contributed by atoms with Crippen molar-refractivity contribution in [3.05, 3.63) is 101 Å². The van der Waals surface area contributed by atoms with E-state index in [0.717, 1.165) is 33.3 Å². The van der Waals surface area contributed by atoms with Crippen LogP contribution in [-0.4, -0.2) is 48.8 Å². The average Bonchev–Trinajstić information content (AvgIpc) is 3.27. The number of nitrogens with zero attached hydrogens (tertiary/aromatic N) is 2. The van der Waals surface area contributed by atoms with Crippen LogP contribution in [0.4, 0.5) is 4.39 Å². The highest BCUT2D eigenvalue weighted by atomic mass is 19.1. The van der Waals surface area contributed by atoms with Gasteiger partial charge in [-0.15, -0.1) is 0 Å². The molecule has 36 heavy (non-hydrogen) atoms. The number of carbonyl (C=O) groups excluding carboxylic acids is 1. The summed E-state index contributed by atoms with van der Waals surface area (Å²) in [5, 5.41) is 1.03. The Bertz CT molecular complexity index is 1360. The summed E-state index contributed by atoms with van der Waals surface area (Å²) in [4.78, 5) is 15.2. The molecule has 1 unspecified atom stereocenters. The maximum atomic E-state index is 15.3. The molecule has 0 aliphatic carbocycles. The summed E-state index contributed by atoms with van der Waals surface area (Å²) >= 11 is 0. The smallest absolute Gasteiger partial charge is 0.223 e. The molecule has 0 spiro atoms. The molecule has 6 heteroatoms. The SMILES string of the molecule is COc1ccc(Cn2cc(C(CC(=O)N3CCOCC3)c3cc(C)ccc3F)c3ccccc32)cc1. The molecule has 5 nitrogen and oxygen atoms in total. The lowest BCUT2D eigenvalue weighted by Gasteiger charge is -2.29. The summed E-state index contributed by atoms with van der Waals surface area (Å²) in [6, 6.07) is 21.3. The van der Waals surface area contributed by atoms with Crippen LogP contribution in [0.2, 0.25) is 0 Å². The van der Waals surface area contributed by atoms with E-state index in [1.54, 1.807) is 13.2 Å². The Balaban J connectivity index is 1.57. The van der Waals surface area contributed by atoms with Crippen molar-refractivity contribution >= 4 is 16.8 Å². The minimum atomic E-state index is -0.401. The number of amides is 1. The summed E-state index contributed by atoms with van der Waals surface area (Å²) < 4.78 is 28.2. The summed E-state index contributed by atoms with van der Waals surface area (Å²) in [6.45, 7) is 4.83. The molecule has 1 amide bonds. The molecule has 0 N–H and O–H groups in total. The van der Waals surface area contributed by atoms with Crippen LogP contribution in [0.3, 0.4) is 0 Å². The normalized spacial score (nSPS) is 14.7. The van der Waals surface area contributed by atoms with E-state index in [0.29, 0.717) is 38.4 Å². The molecule has 2 heterocycles. The van der Waals surface area contributed by atoms with Gasteiger partial charge in [0.05, 0.1) is 20.3 Å². The quantitative estimate of drug-likeness (QED) is 0.345. The molecule has 0 radical (unpaired) electrons. The number of fused-ring (bicyclic) bond motifs is 1. The molecular weight excluding hydrogens is 455 g/mol. The Morgan fingerprint density at radius 3 is 2.53 bits per heavy atom. The second-order valence-electron chi connectivity index (χ2n) is 9.35. The number of halogens is 1. The number of carbonyl (C=O) groups is 1. The van der Waals surface area contributed by atoms with Crippen LogP contribution in [0.25, 0.3) is 10.9 Å². The molecule has 1 aliphatic heterocycles. The highest BCUT2D eigenvalue weighted by Crippen LogP contribution is 2.37. The fourth-order valence-electron chi connectivity index (χ4n) is 5.05. The van der Waals surface area contributed by atoms with Gasteiger partial charge >= 0.3 is 0 Å². The minimum absolute atomic E-state index is 0.0243. The topological polar surface area (TPSA) is 43.7 Å². The molecule has 5 rings (SSSR count).